The number of aliphatic imine (C=N–C) groups is 1. The van der Waals surface area contributed by atoms with Gasteiger partial charge < -0.3 is 10.2 Å². The number of carbonyl (C=O) groups excluding carboxylic acids is 3. The minimum absolute atomic E-state index is 0.0808. The summed E-state index contributed by atoms with van der Waals surface area (Å²) in [6.45, 7) is 1.38. The Balaban J connectivity index is 1.65. The molecule has 4 rings (SSSR count). The van der Waals surface area contributed by atoms with Crippen LogP contribution in [0.1, 0.15) is 23.7 Å². The second-order valence-electron chi connectivity index (χ2n) is 7.17. The summed E-state index contributed by atoms with van der Waals surface area (Å²) in [5.41, 5.74) is 4.19. The Bertz CT molecular complexity index is 1350. The molecule has 2 N–H and O–H groups in total. The number of anilines is 1. The van der Waals surface area contributed by atoms with Crippen molar-refractivity contribution < 1.29 is 19.2 Å². The fraction of sp³-hybridized carbons (Fsp3) is 0.0833. The van der Waals surface area contributed by atoms with Crippen LogP contribution in [0.3, 0.4) is 0 Å². The first-order chi connectivity index (χ1) is 17.0. The van der Waals surface area contributed by atoms with E-state index in [0.29, 0.717) is 21.8 Å². The molecule has 1 aliphatic heterocycles. The zero-order valence-electron chi connectivity index (χ0n) is 18.8. The molecule has 3 amide bonds. The van der Waals surface area contributed by atoms with Crippen LogP contribution in [0.4, 0.5) is 5.00 Å². The summed E-state index contributed by atoms with van der Waals surface area (Å²) in [7, 11) is 1.31. The van der Waals surface area contributed by atoms with E-state index in [9.17, 15) is 14.4 Å². The third-order valence-electron chi connectivity index (χ3n) is 4.65. The van der Waals surface area contributed by atoms with Crippen molar-refractivity contribution in [3.63, 3.8) is 0 Å². The van der Waals surface area contributed by atoms with Crippen molar-refractivity contribution >= 4 is 51.7 Å². The Morgan fingerprint density at radius 3 is 2.60 bits per heavy atom. The molecular weight excluding hydrogens is 468 g/mol. The van der Waals surface area contributed by atoms with Crippen LogP contribution in [-0.2, 0) is 19.2 Å². The number of benzene rings is 1. The number of oxime groups is 1. The van der Waals surface area contributed by atoms with Crippen molar-refractivity contribution in [2.45, 2.75) is 6.92 Å². The number of hydrazine groups is 1. The van der Waals surface area contributed by atoms with E-state index in [2.05, 4.69) is 25.9 Å². The molecule has 0 atom stereocenters. The Morgan fingerprint density at radius 2 is 1.91 bits per heavy atom. The average molecular weight is 489 g/mol. The number of nitrogens with one attached hydrogen (secondary N) is 2. The summed E-state index contributed by atoms with van der Waals surface area (Å²) in [5.74, 6) is -1.24. The minimum Gasteiger partial charge on any atom is -0.398 e. The Hall–Kier alpha value is -4.64. The summed E-state index contributed by atoms with van der Waals surface area (Å²) in [5, 5.41) is 9.74. The largest absolute Gasteiger partial charge is 0.398 e. The predicted molar refractivity (Wildman–Crippen MR) is 132 cm³/mol. The number of amidine groups is 1. The predicted octanol–water partition coefficient (Wildman–Crippen LogP) is 2.81. The number of rotatable bonds is 7. The van der Waals surface area contributed by atoms with Gasteiger partial charge in [0.1, 0.15) is 12.8 Å². The molecule has 0 fully saturated rings. The van der Waals surface area contributed by atoms with Gasteiger partial charge in [-0.05, 0) is 24.3 Å². The van der Waals surface area contributed by atoms with E-state index < -0.39 is 11.8 Å². The summed E-state index contributed by atoms with van der Waals surface area (Å²) >= 11 is 1.22. The zero-order chi connectivity index (χ0) is 24.8. The molecule has 0 radical (unpaired) electrons. The molecule has 10 nitrogen and oxygen atoms in total. The summed E-state index contributed by atoms with van der Waals surface area (Å²) in [4.78, 5) is 51.4. The van der Waals surface area contributed by atoms with Crippen LogP contribution in [0.2, 0.25) is 0 Å². The second kappa shape index (κ2) is 10.5. The summed E-state index contributed by atoms with van der Waals surface area (Å²) in [6, 6.07) is 15.9. The minimum atomic E-state index is -0.699. The lowest BCUT2D eigenvalue weighted by Gasteiger charge is -2.19. The Labute approximate surface area is 204 Å². The fourth-order valence-corrected chi connectivity index (χ4v) is 4.00. The topological polar surface area (TPSA) is 125 Å². The number of aromatic nitrogens is 1. The molecule has 0 saturated heterocycles. The van der Waals surface area contributed by atoms with Gasteiger partial charge in [-0.1, -0.05) is 41.6 Å². The highest BCUT2D eigenvalue weighted by Crippen LogP contribution is 2.23. The van der Waals surface area contributed by atoms with Crippen LogP contribution in [0.25, 0.3) is 6.08 Å². The maximum atomic E-state index is 13.3. The normalized spacial score (nSPS) is 14.6. The highest BCUT2D eigenvalue weighted by molar-refractivity contribution is 7.14. The first-order valence-electron chi connectivity index (χ1n) is 10.4. The van der Waals surface area contributed by atoms with Gasteiger partial charge >= 0.3 is 0 Å². The SMILES string of the molecule is CO/N=C(\C(=O)NN1C(=O)/C(=C\c2ccccn2)N=C1c1ccccc1)c1csc(NC(C)=O)c1. The zero-order valence-corrected chi connectivity index (χ0v) is 19.6. The fourth-order valence-electron chi connectivity index (χ4n) is 3.17. The number of carbonyl (C=O) groups is 3. The van der Waals surface area contributed by atoms with Crippen LogP contribution in [0, 0.1) is 0 Å². The van der Waals surface area contributed by atoms with E-state index >= 15 is 0 Å². The quantitative estimate of drug-likeness (QED) is 0.301. The van der Waals surface area contributed by atoms with Crippen LogP contribution in [0.5, 0.6) is 0 Å². The molecule has 3 aromatic rings. The lowest BCUT2D eigenvalue weighted by atomic mass is 10.2. The van der Waals surface area contributed by atoms with E-state index in [0.717, 1.165) is 5.01 Å². The van der Waals surface area contributed by atoms with E-state index in [4.69, 9.17) is 4.84 Å². The van der Waals surface area contributed by atoms with Crippen molar-refractivity contribution in [3.05, 3.63) is 88.7 Å². The molecule has 0 saturated carbocycles. The van der Waals surface area contributed by atoms with Crippen molar-refractivity contribution in [1.82, 2.24) is 15.4 Å². The Kier molecular flexibility index (Phi) is 7.07. The third kappa shape index (κ3) is 5.47. The molecule has 0 unspecified atom stereocenters. The number of pyridine rings is 1. The van der Waals surface area contributed by atoms with Gasteiger partial charge in [0.15, 0.2) is 11.5 Å². The number of hydrogen-bond acceptors (Lipinski definition) is 8. The Morgan fingerprint density at radius 1 is 1.14 bits per heavy atom. The van der Waals surface area contributed by atoms with Crippen molar-refractivity contribution in [3.8, 4) is 0 Å². The van der Waals surface area contributed by atoms with Gasteiger partial charge in [-0.15, -0.1) is 11.3 Å². The van der Waals surface area contributed by atoms with E-state index in [1.165, 1.54) is 25.4 Å². The summed E-state index contributed by atoms with van der Waals surface area (Å²) in [6.07, 6.45) is 3.15. The highest BCUT2D eigenvalue weighted by atomic mass is 32.1. The van der Waals surface area contributed by atoms with Gasteiger partial charge in [-0.25, -0.2) is 4.99 Å². The van der Waals surface area contributed by atoms with Gasteiger partial charge in [0.2, 0.25) is 5.91 Å². The molecule has 1 aromatic carbocycles. The first kappa shape index (κ1) is 23.5. The lowest BCUT2D eigenvalue weighted by molar-refractivity contribution is -0.130. The number of thiophene rings is 1. The summed E-state index contributed by atoms with van der Waals surface area (Å²) < 4.78 is 0. The molecule has 0 bridgehead atoms. The molecule has 3 heterocycles. The standard InChI is InChI=1S/C24H20N6O4S/c1-15(31)26-20-12-17(14-35-20)21(29-34-2)23(32)28-30-22(16-8-4-3-5-9-16)27-19(24(30)33)13-18-10-6-7-11-25-18/h3-14H,1-2H3,(H,26,31)(H,28,32)/b19-13+,29-21-. The molecule has 0 spiro atoms. The van der Waals surface area contributed by atoms with Gasteiger partial charge in [0, 0.05) is 29.6 Å². The van der Waals surface area contributed by atoms with Crippen LogP contribution in [0.15, 0.2) is 82.0 Å². The molecule has 0 aliphatic carbocycles. The molecule has 2 aromatic heterocycles. The molecular formula is C24H20N6O4S. The maximum Gasteiger partial charge on any atom is 0.297 e. The molecule has 11 heteroatoms. The number of amides is 3. The number of nitrogens with zero attached hydrogens (tertiary/aromatic N) is 4. The molecule has 1 aliphatic rings. The van der Waals surface area contributed by atoms with Gasteiger partial charge in [0.05, 0.1) is 10.7 Å². The maximum absolute atomic E-state index is 13.3. The van der Waals surface area contributed by atoms with Crippen molar-refractivity contribution in [1.29, 1.82) is 0 Å². The van der Waals surface area contributed by atoms with Crippen LogP contribution >= 0.6 is 11.3 Å². The number of hydrogen-bond donors (Lipinski definition) is 2. The van der Waals surface area contributed by atoms with Gasteiger partial charge in [0.25, 0.3) is 11.8 Å². The van der Waals surface area contributed by atoms with E-state index in [1.54, 1.807) is 66.2 Å². The van der Waals surface area contributed by atoms with Crippen molar-refractivity contribution in [2.75, 3.05) is 12.4 Å². The van der Waals surface area contributed by atoms with Crippen LogP contribution in [-0.4, -0.2) is 46.4 Å². The third-order valence-corrected chi connectivity index (χ3v) is 5.49. The van der Waals surface area contributed by atoms with Crippen molar-refractivity contribution in [2.24, 2.45) is 10.1 Å². The first-order valence-corrected chi connectivity index (χ1v) is 11.2. The lowest BCUT2D eigenvalue weighted by Crippen LogP contribution is -2.49. The average Bonchev–Trinajstić information content (AvgIpc) is 3.43. The molecule has 176 valence electrons. The molecule has 35 heavy (non-hydrogen) atoms. The van der Waals surface area contributed by atoms with Gasteiger partial charge in [-0.3, -0.25) is 24.8 Å². The van der Waals surface area contributed by atoms with E-state index in [1.807, 2.05) is 6.07 Å². The second-order valence-corrected chi connectivity index (χ2v) is 8.08. The van der Waals surface area contributed by atoms with Crippen LogP contribution < -0.4 is 10.7 Å². The van der Waals surface area contributed by atoms with Gasteiger partial charge in [-0.2, -0.15) is 5.01 Å². The highest BCUT2D eigenvalue weighted by Gasteiger charge is 2.34. The monoisotopic (exact) mass is 488 g/mol. The smallest absolute Gasteiger partial charge is 0.297 e. The van der Waals surface area contributed by atoms with E-state index in [-0.39, 0.29) is 23.2 Å².